The van der Waals surface area contributed by atoms with E-state index in [2.05, 4.69) is 11.8 Å². The van der Waals surface area contributed by atoms with Gasteiger partial charge in [0.1, 0.15) is 0 Å². The van der Waals surface area contributed by atoms with Crippen molar-refractivity contribution in [3.05, 3.63) is 0 Å². The van der Waals surface area contributed by atoms with Crippen LogP contribution in [-0.2, 0) is 0 Å². The van der Waals surface area contributed by atoms with Crippen molar-refractivity contribution in [1.82, 2.24) is 0 Å². The van der Waals surface area contributed by atoms with Crippen LogP contribution >= 0.6 is 0 Å². The van der Waals surface area contributed by atoms with Crippen molar-refractivity contribution in [3.63, 3.8) is 0 Å². The zero-order chi connectivity index (χ0) is 16.2. The Bertz CT molecular complexity index is 617. The van der Waals surface area contributed by atoms with E-state index in [1.54, 1.807) is 19.3 Å². The molecule has 8 fully saturated rings. The van der Waals surface area contributed by atoms with Gasteiger partial charge < -0.3 is 0 Å². The van der Waals surface area contributed by atoms with Gasteiger partial charge in [0.05, 0.1) is 0 Å². The lowest BCUT2D eigenvalue weighted by Gasteiger charge is -2.73. The minimum Gasteiger partial charge on any atom is -0.120 e. The van der Waals surface area contributed by atoms with Crippen molar-refractivity contribution in [2.24, 2.45) is 45.3 Å². The average Bonchev–Trinajstić information content (AvgIpc) is 2.52. The highest BCUT2D eigenvalue weighted by Crippen LogP contribution is 2.78. The zero-order valence-electron chi connectivity index (χ0n) is 14.9. The van der Waals surface area contributed by atoms with Crippen LogP contribution in [-0.4, -0.2) is 0 Å². The van der Waals surface area contributed by atoms with E-state index in [1.807, 2.05) is 0 Å². The summed E-state index contributed by atoms with van der Waals surface area (Å²) in [6.45, 7) is 0. The van der Waals surface area contributed by atoms with Gasteiger partial charge in [-0.15, -0.1) is 12.8 Å². The lowest BCUT2D eigenvalue weighted by atomic mass is 9.31. The Labute approximate surface area is 147 Å². The molecule has 0 aliphatic heterocycles. The summed E-state index contributed by atoms with van der Waals surface area (Å²) in [5.74, 6) is 10.6. The van der Waals surface area contributed by atoms with Gasteiger partial charge in [-0.1, -0.05) is 11.8 Å². The van der Waals surface area contributed by atoms with E-state index in [-0.39, 0.29) is 10.8 Å². The second-order valence-corrected chi connectivity index (χ2v) is 11.3. The molecule has 0 saturated heterocycles. The predicted molar refractivity (Wildman–Crippen MR) is 96.8 cm³/mol. The minimum absolute atomic E-state index is 0.148. The molecule has 0 heterocycles. The molecule has 8 saturated carbocycles. The molecule has 0 aromatic heterocycles. The van der Waals surface area contributed by atoms with Crippen LogP contribution in [0.4, 0.5) is 0 Å². The maximum atomic E-state index is 6.17. The number of hydrogen-bond donors (Lipinski definition) is 0. The second kappa shape index (κ2) is 4.09. The molecule has 0 aromatic carbocycles. The van der Waals surface area contributed by atoms with Crippen LogP contribution in [0.25, 0.3) is 0 Å². The highest BCUT2D eigenvalue weighted by atomic mass is 14.7. The summed E-state index contributed by atoms with van der Waals surface area (Å²) in [6.07, 6.45) is 29.3. The summed E-state index contributed by atoms with van der Waals surface area (Å²) in [5, 5.41) is 0. The van der Waals surface area contributed by atoms with Gasteiger partial charge in [0.25, 0.3) is 0 Å². The molecule has 24 heavy (non-hydrogen) atoms. The maximum absolute atomic E-state index is 6.17. The van der Waals surface area contributed by atoms with Crippen molar-refractivity contribution in [3.8, 4) is 24.7 Å². The van der Waals surface area contributed by atoms with Crippen LogP contribution in [0.2, 0.25) is 0 Å². The normalized spacial score (nSPS) is 62.4. The Morgan fingerprint density at radius 2 is 1.00 bits per heavy atom. The van der Waals surface area contributed by atoms with Crippen LogP contribution < -0.4 is 0 Å². The highest BCUT2D eigenvalue weighted by molar-refractivity contribution is 5.29. The number of rotatable bonds is 1. The van der Waals surface area contributed by atoms with Crippen molar-refractivity contribution in [2.45, 2.75) is 77.0 Å². The molecular weight excluding hydrogens is 288 g/mol. The quantitative estimate of drug-likeness (QED) is 0.566. The third kappa shape index (κ3) is 1.56. The van der Waals surface area contributed by atoms with Crippen LogP contribution in [0.5, 0.6) is 0 Å². The van der Waals surface area contributed by atoms with Gasteiger partial charge in [0, 0.05) is 10.8 Å². The molecule has 0 heteroatoms. The van der Waals surface area contributed by atoms with Gasteiger partial charge in [-0.25, -0.2) is 0 Å². The second-order valence-electron chi connectivity index (χ2n) is 11.3. The van der Waals surface area contributed by atoms with Crippen molar-refractivity contribution in [1.29, 1.82) is 0 Å². The maximum Gasteiger partial charge on any atom is 0.0334 e. The van der Waals surface area contributed by atoms with E-state index in [1.165, 1.54) is 51.4 Å². The number of terminal acetylenes is 2. The fourth-order valence-electron chi connectivity index (χ4n) is 10.1. The SMILES string of the molecule is C#CC12CC3CC(C#C)(C1)CC(C14CC5CC(CC(C5)C1)C4)(C3)C2. The first-order valence-corrected chi connectivity index (χ1v) is 10.5. The standard InChI is InChI=1S/C24H30/c1-3-21-8-20-9-22(4-2,14-21)16-24(13-20,15-21)23-10-17-5-18(11-23)7-19(6-17)12-23/h1-2,17-20H,5-16H2. The Morgan fingerprint density at radius 3 is 1.46 bits per heavy atom. The third-order valence-electron chi connectivity index (χ3n) is 9.84. The fourth-order valence-corrected chi connectivity index (χ4v) is 10.1. The van der Waals surface area contributed by atoms with Crippen LogP contribution in [0.15, 0.2) is 0 Å². The van der Waals surface area contributed by atoms with E-state index in [0.29, 0.717) is 10.8 Å². The van der Waals surface area contributed by atoms with Crippen LogP contribution in [0, 0.1) is 70.0 Å². The largest absolute Gasteiger partial charge is 0.120 e. The first-order chi connectivity index (χ1) is 11.5. The molecule has 8 aliphatic carbocycles. The average molecular weight is 319 g/mol. The summed E-state index contributed by atoms with van der Waals surface area (Å²) < 4.78 is 0. The molecule has 2 unspecified atom stereocenters. The van der Waals surface area contributed by atoms with E-state index in [0.717, 1.165) is 30.1 Å². The summed E-state index contributed by atoms with van der Waals surface area (Å²) in [7, 11) is 0. The van der Waals surface area contributed by atoms with Gasteiger partial charge in [-0.3, -0.25) is 0 Å². The smallest absolute Gasteiger partial charge is 0.0334 e. The molecule has 0 amide bonds. The molecule has 2 atom stereocenters. The fraction of sp³-hybridized carbons (Fsp3) is 0.833. The molecule has 126 valence electrons. The van der Waals surface area contributed by atoms with Crippen molar-refractivity contribution >= 4 is 0 Å². The van der Waals surface area contributed by atoms with Crippen molar-refractivity contribution < 1.29 is 0 Å². The van der Waals surface area contributed by atoms with Gasteiger partial charge in [0.2, 0.25) is 0 Å². The number of hydrogen-bond acceptors (Lipinski definition) is 0. The van der Waals surface area contributed by atoms with E-state index in [9.17, 15) is 0 Å². The first kappa shape index (κ1) is 14.3. The molecule has 8 rings (SSSR count). The monoisotopic (exact) mass is 318 g/mol. The lowest BCUT2D eigenvalue weighted by molar-refractivity contribution is -0.222. The summed E-state index contributed by atoms with van der Waals surface area (Å²) >= 11 is 0. The van der Waals surface area contributed by atoms with E-state index >= 15 is 0 Å². The topological polar surface area (TPSA) is 0 Å². The molecule has 0 radical (unpaired) electrons. The molecular formula is C24H30. The van der Waals surface area contributed by atoms with E-state index in [4.69, 9.17) is 12.8 Å². The lowest BCUT2D eigenvalue weighted by Crippen LogP contribution is -2.64. The third-order valence-corrected chi connectivity index (χ3v) is 9.84. The molecule has 8 bridgehead atoms. The molecule has 0 spiro atoms. The molecule has 0 nitrogen and oxygen atoms in total. The van der Waals surface area contributed by atoms with Gasteiger partial charge in [-0.2, -0.15) is 0 Å². The van der Waals surface area contributed by atoms with Gasteiger partial charge in [-0.05, 0) is 112 Å². The van der Waals surface area contributed by atoms with Crippen molar-refractivity contribution in [2.75, 3.05) is 0 Å². The predicted octanol–water partition coefficient (Wildman–Crippen LogP) is 5.43. The van der Waals surface area contributed by atoms with Gasteiger partial charge in [0.15, 0.2) is 0 Å². The van der Waals surface area contributed by atoms with Crippen LogP contribution in [0.1, 0.15) is 77.0 Å². The van der Waals surface area contributed by atoms with Crippen LogP contribution in [0.3, 0.4) is 0 Å². The summed E-state index contributed by atoms with van der Waals surface area (Å²) in [5.41, 5.74) is 1.41. The molecule has 8 aliphatic rings. The first-order valence-electron chi connectivity index (χ1n) is 10.5. The molecule has 0 aromatic rings. The summed E-state index contributed by atoms with van der Waals surface area (Å²) in [4.78, 5) is 0. The Hall–Kier alpha value is -0.880. The summed E-state index contributed by atoms with van der Waals surface area (Å²) in [6, 6.07) is 0. The van der Waals surface area contributed by atoms with Gasteiger partial charge >= 0.3 is 0 Å². The molecule has 0 N–H and O–H groups in total. The highest BCUT2D eigenvalue weighted by Gasteiger charge is 2.70. The Morgan fingerprint density at radius 1 is 0.542 bits per heavy atom. The minimum atomic E-state index is 0.148. The zero-order valence-corrected chi connectivity index (χ0v) is 14.9. The van der Waals surface area contributed by atoms with E-state index < -0.39 is 0 Å². The Balaban J connectivity index is 1.49. The Kier molecular flexibility index (Phi) is 2.44.